The van der Waals surface area contributed by atoms with Crippen LogP contribution in [0.2, 0.25) is 0 Å². The average Bonchev–Trinajstić information content (AvgIpc) is 2.42. The quantitative estimate of drug-likeness (QED) is 0.158. The molecule has 0 unspecified atom stereocenters. The van der Waals surface area contributed by atoms with Crippen molar-refractivity contribution in [1.29, 1.82) is 0 Å². The van der Waals surface area contributed by atoms with Gasteiger partial charge in [0.15, 0.2) is 0 Å². The first-order valence-electron chi connectivity index (χ1n) is 5.68. The maximum absolute atomic E-state index is 4.66. The van der Waals surface area contributed by atoms with E-state index in [1.807, 2.05) is 0 Å². The Bertz CT molecular complexity index is 86.7. The van der Waals surface area contributed by atoms with E-state index in [0.717, 1.165) is 0 Å². The Morgan fingerprint density at radius 2 is 0.476 bits per heavy atom. The molecule has 9 heteroatoms. The summed E-state index contributed by atoms with van der Waals surface area (Å²) in [5.41, 5.74) is 0. The first kappa shape index (κ1) is 38.8. The van der Waals surface area contributed by atoms with E-state index in [1.165, 1.54) is 0 Å². The molecule has 21 heavy (non-hydrogen) atoms. The van der Waals surface area contributed by atoms with Gasteiger partial charge in [0.25, 0.3) is 0 Å². The molecule has 0 aromatic carbocycles. The molecular formula is C12H30CaI2O6. The minimum absolute atomic E-state index is 0. The Morgan fingerprint density at radius 3 is 0.524 bits per heavy atom. The van der Waals surface area contributed by atoms with E-state index in [-0.39, 0.29) is 85.7 Å². The SMILES string of the molecule is COCCOC.COCCOC.COCCOC.[Ca+2].[I-].[I-]. The van der Waals surface area contributed by atoms with Crippen molar-refractivity contribution in [2.24, 2.45) is 0 Å². The number of methoxy groups -OCH3 is 6. The molecule has 6 nitrogen and oxygen atoms in total. The summed E-state index contributed by atoms with van der Waals surface area (Å²) in [5, 5.41) is 0. The van der Waals surface area contributed by atoms with Crippen LogP contribution in [0, 0.1) is 0 Å². The van der Waals surface area contributed by atoms with E-state index < -0.39 is 0 Å². The smallest absolute Gasteiger partial charge is 1.00 e. The molecule has 0 saturated heterocycles. The minimum Gasteiger partial charge on any atom is -1.00 e. The molecule has 0 aromatic rings. The molecule has 0 amide bonds. The van der Waals surface area contributed by atoms with Crippen LogP contribution in [-0.4, -0.2) is 120 Å². The van der Waals surface area contributed by atoms with Gasteiger partial charge in [-0.2, -0.15) is 0 Å². The fourth-order valence-corrected chi connectivity index (χ4v) is 0.500. The van der Waals surface area contributed by atoms with Gasteiger partial charge in [-0.25, -0.2) is 0 Å². The summed E-state index contributed by atoms with van der Waals surface area (Å²) in [6.07, 6.45) is 0. The van der Waals surface area contributed by atoms with Gasteiger partial charge in [0.2, 0.25) is 0 Å². The van der Waals surface area contributed by atoms with Crippen molar-refractivity contribution in [3.8, 4) is 0 Å². The van der Waals surface area contributed by atoms with Crippen molar-refractivity contribution >= 4 is 37.7 Å². The molecule has 0 fully saturated rings. The predicted octanol–water partition coefficient (Wildman–Crippen LogP) is -5.54. The topological polar surface area (TPSA) is 55.4 Å². The van der Waals surface area contributed by atoms with Gasteiger partial charge >= 0.3 is 37.7 Å². The molecule has 0 aliphatic rings. The first-order chi connectivity index (χ1) is 8.74. The molecule has 0 aliphatic heterocycles. The molecule has 0 aromatic heterocycles. The summed E-state index contributed by atoms with van der Waals surface area (Å²) in [5.74, 6) is 0. The van der Waals surface area contributed by atoms with Gasteiger partial charge in [-0.1, -0.05) is 0 Å². The molecule has 0 bridgehead atoms. The van der Waals surface area contributed by atoms with Crippen molar-refractivity contribution in [2.45, 2.75) is 0 Å². The fraction of sp³-hybridized carbons (Fsp3) is 1.00. The van der Waals surface area contributed by atoms with E-state index >= 15 is 0 Å². The Labute approximate surface area is 194 Å². The molecule has 0 rings (SSSR count). The van der Waals surface area contributed by atoms with E-state index in [9.17, 15) is 0 Å². The van der Waals surface area contributed by atoms with Gasteiger partial charge in [0, 0.05) is 42.7 Å². The largest absolute Gasteiger partial charge is 2.00 e. The monoisotopic (exact) mass is 564 g/mol. The Morgan fingerprint density at radius 1 is 0.381 bits per heavy atom. The maximum atomic E-state index is 4.66. The average molecular weight is 564 g/mol. The fourth-order valence-electron chi connectivity index (χ4n) is 0.500. The van der Waals surface area contributed by atoms with Crippen LogP contribution in [0.4, 0.5) is 0 Å². The number of hydrogen-bond donors (Lipinski definition) is 0. The Balaban J connectivity index is -0.0000000375. The van der Waals surface area contributed by atoms with Crippen LogP contribution >= 0.6 is 0 Å². The number of rotatable bonds is 9. The molecule has 130 valence electrons. The third-order valence-electron chi connectivity index (χ3n) is 1.47. The first-order valence-corrected chi connectivity index (χ1v) is 5.68. The second-order valence-corrected chi connectivity index (χ2v) is 2.96. The van der Waals surface area contributed by atoms with Crippen LogP contribution < -0.4 is 48.0 Å². The van der Waals surface area contributed by atoms with Gasteiger partial charge in [-0.3, -0.25) is 0 Å². The van der Waals surface area contributed by atoms with Crippen molar-refractivity contribution in [1.82, 2.24) is 0 Å². The summed E-state index contributed by atoms with van der Waals surface area (Å²) in [6.45, 7) is 4.15. The van der Waals surface area contributed by atoms with E-state index in [0.29, 0.717) is 39.6 Å². The molecule has 0 spiro atoms. The van der Waals surface area contributed by atoms with E-state index in [1.54, 1.807) is 42.7 Å². The molecule has 0 heterocycles. The van der Waals surface area contributed by atoms with Gasteiger partial charge in [-0.15, -0.1) is 0 Å². The van der Waals surface area contributed by atoms with Gasteiger partial charge < -0.3 is 76.4 Å². The van der Waals surface area contributed by atoms with Gasteiger partial charge in [0.1, 0.15) is 0 Å². The van der Waals surface area contributed by atoms with Crippen LogP contribution in [0.25, 0.3) is 0 Å². The van der Waals surface area contributed by atoms with Crippen LogP contribution in [0.15, 0.2) is 0 Å². The summed E-state index contributed by atoms with van der Waals surface area (Å²) in [7, 11) is 9.91. The normalized spacial score (nSPS) is 7.71. The third-order valence-corrected chi connectivity index (χ3v) is 1.47. The molecule has 0 radical (unpaired) electrons. The van der Waals surface area contributed by atoms with Crippen LogP contribution in [0.1, 0.15) is 0 Å². The number of halogens is 2. The molecular weight excluding hydrogens is 534 g/mol. The van der Waals surface area contributed by atoms with Gasteiger partial charge in [0.05, 0.1) is 39.6 Å². The van der Waals surface area contributed by atoms with Crippen molar-refractivity contribution in [3.05, 3.63) is 0 Å². The summed E-state index contributed by atoms with van der Waals surface area (Å²) in [6, 6.07) is 0. The summed E-state index contributed by atoms with van der Waals surface area (Å²) < 4.78 is 27.9. The van der Waals surface area contributed by atoms with Crippen LogP contribution in [0.3, 0.4) is 0 Å². The van der Waals surface area contributed by atoms with Gasteiger partial charge in [-0.05, 0) is 0 Å². The number of ether oxygens (including phenoxy) is 6. The maximum Gasteiger partial charge on any atom is 2.00 e. The Hall–Kier alpha value is 2.48. The van der Waals surface area contributed by atoms with Crippen LogP contribution in [0.5, 0.6) is 0 Å². The second kappa shape index (κ2) is 49.5. The van der Waals surface area contributed by atoms with Crippen molar-refractivity contribution in [3.63, 3.8) is 0 Å². The zero-order chi connectivity index (χ0) is 14.5. The summed E-state index contributed by atoms with van der Waals surface area (Å²) >= 11 is 0. The number of hydrogen-bond acceptors (Lipinski definition) is 6. The summed E-state index contributed by atoms with van der Waals surface area (Å²) in [4.78, 5) is 0. The van der Waals surface area contributed by atoms with Crippen molar-refractivity contribution < 1.29 is 76.4 Å². The minimum atomic E-state index is 0. The Kier molecular flexibility index (Phi) is 91.5. The standard InChI is InChI=1S/3C4H10O2.Ca.2HI/c3*1-5-3-4-6-2;;;/h3*3-4H2,1-2H3;;2*1H/q;;;+2;;/p-2. The zero-order valence-electron chi connectivity index (χ0n) is 14.2. The van der Waals surface area contributed by atoms with E-state index in [2.05, 4.69) is 28.4 Å². The molecule has 0 aliphatic carbocycles. The second-order valence-electron chi connectivity index (χ2n) is 2.96. The molecule has 0 N–H and O–H groups in total. The molecule has 0 atom stereocenters. The molecule has 0 saturated carbocycles. The third kappa shape index (κ3) is 71.5. The van der Waals surface area contributed by atoms with Crippen LogP contribution in [-0.2, 0) is 28.4 Å². The van der Waals surface area contributed by atoms with Crippen molar-refractivity contribution in [2.75, 3.05) is 82.3 Å². The van der Waals surface area contributed by atoms with E-state index in [4.69, 9.17) is 0 Å². The predicted molar refractivity (Wildman–Crippen MR) is 77.0 cm³/mol. The zero-order valence-corrected chi connectivity index (χ0v) is 20.7.